The fraction of sp³-hybridized carbons (Fsp3) is 0.350. The maximum atomic E-state index is 12.3. The Hall–Kier alpha value is -3.29. The van der Waals surface area contributed by atoms with Crippen LogP contribution in [0.3, 0.4) is 0 Å². The number of nitrogens with zero attached hydrogens (tertiary/aromatic N) is 4. The molecule has 0 radical (unpaired) electrons. The van der Waals surface area contributed by atoms with Crippen LogP contribution in [0.25, 0.3) is 5.78 Å². The minimum Gasteiger partial charge on any atom is -0.496 e. The van der Waals surface area contributed by atoms with Crippen LogP contribution in [0.15, 0.2) is 24.5 Å². The molecule has 3 rings (SSSR count). The molecule has 2 aromatic heterocycles. The van der Waals surface area contributed by atoms with Crippen LogP contribution in [0.5, 0.6) is 5.75 Å². The molecule has 28 heavy (non-hydrogen) atoms. The second-order valence-corrected chi connectivity index (χ2v) is 6.48. The smallest absolute Gasteiger partial charge is 0.306 e. The molecule has 0 atom stereocenters. The lowest BCUT2D eigenvalue weighted by atomic mass is 10.1. The molecule has 1 aromatic carbocycles. The van der Waals surface area contributed by atoms with Crippen LogP contribution in [-0.2, 0) is 22.6 Å². The number of aromatic nitrogens is 4. The quantitative estimate of drug-likeness (QED) is 0.458. The monoisotopic (exact) mass is 382 g/mol. The molecule has 0 N–H and O–H groups in total. The molecule has 0 aliphatic carbocycles. The number of fused-ring (bicyclic) bond motifs is 1. The molecule has 0 fully saturated rings. The number of ether oxygens (including phenoxy) is 2. The largest absolute Gasteiger partial charge is 0.496 e. The Morgan fingerprint density at radius 1 is 1.21 bits per heavy atom. The van der Waals surface area contributed by atoms with E-state index in [9.17, 15) is 9.59 Å². The van der Waals surface area contributed by atoms with Gasteiger partial charge in [-0.2, -0.15) is 10.1 Å². The van der Waals surface area contributed by atoms with Crippen LogP contribution >= 0.6 is 0 Å². The maximum absolute atomic E-state index is 12.3. The zero-order chi connectivity index (χ0) is 20.3. The van der Waals surface area contributed by atoms with Crippen molar-refractivity contribution in [3.63, 3.8) is 0 Å². The van der Waals surface area contributed by atoms with Crippen LogP contribution in [0.4, 0.5) is 0 Å². The fourth-order valence-corrected chi connectivity index (χ4v) is 3.09. The number of methoxy groups -OCH3 is 1. The van der Waals surface area contributed by atoms with Gasteiger partial charge < -0.3 is 9.47 Å². The first kappa shape index (κ1) is 19.5. The number of aryl methyl sites for hydroxylation is 2. The number of hydrogen-bond acceptors (Lipinski definition) is 7. The lowest BCUT2D eigenvalue weighted by Crippen LogP contribution is -2.11. The van der Waals surface area contributed by atoms with Crippen molar-refractivity contribution in [2.45, 2.75) is 40.2 Å². The highest BCUT2D eigenvalue weighted by Gasteiger charge is 2.14. The predicted molar refractivity (Wildman–Crippen MR) is 101 cm³/mol. The van der Waals surface area contributed by atoms with Gasteiger partial charge in [0.25, 0.3) is 5.78 Å². The van der Waals surface area contributed by atoms with Crippen molar-refractivity contribution in [1.29, 1.82) is 0 Å². The van der Waals surface area contributed by atoms with Gasteiger partial charge in [-0.05, 0) is 51.0 Å². The van der Waals surface area contributed by atoms with Crippen LogP contribution in [0.1, 0.15) is 46.2 Å². The molecular weight excluding hydrogens is 360 g/mol. The number of carbonyl (C=O) groups excluding carboxylic acids is 2. The molecule has 0 spiro atoms. The normalized spacial score (nSPS) is 10.9. The number of esters is 1. The summed E-state index contributed by atoms with van der Waals surface area (Å²) < 4.78 is 12.3. The Bertz CT molecular complexity index is 1040. The molecule has 0 saturated heterocycles. The van der Waals surface area contributed by atoms with Gasteiger partial charge in [-0.3, -0.25) is 9.59 Å². The van der Waals surface area contributed by atoms with Crippen molar-refractivity contribution in [3.05, 3.63) is 52.6 Å². The van der Waals surface area contributed by atoms with Crippen molar-refractivity contribution in [2.75, 3.05) is 7.11 Å². The van der Waals surface area contributed by atoms with Gasteiger partial charge >= 0.3 is 5.97 Å². The van der Waals surface area contributed by atoms with Gasteiger partial charge in [0.15, 0.2) is 5.78 Å². The number of Topliss-reactive ketones (excluding diaryl/α,β-unsaturated/α-hetero) is 1. The second kappa shape index (κ2) is 8.16. The van der Waals surface area contributed by atoms with E-state index in [4.69, 9.17) is 9.47 Å². The molecule has 8 nitrogen and oxygen atoms in total. The third-order valence-corrected chi connectivity index (χ3v) is 4.64. The van der Waals surface area contributed by atoms with E-state index in [0.717, 1.165) is 17.0 Å². The van der Waals surface area contributed by atoms with Crippen LogP contribution < -0.4 is 4.74 Å². The Kier molecular flexibility index (Phi) is 5.67. The summed E-state index contributed by atoms with van der Waals surface area (Å²) >= 11 is 0. The summed E-state index contributed by atoms with van der Waals surface area (Å²) in [5.74, 6) is 0.717. The SMILES string of the molecule is COc1ccc(C(C)=O)cc1COC(=O)CCc1c(C)nc2ncnn2c1C. The minimum atomic E-state index is -0.340. The molecule has 0 bridgehead atoms. The minimum absolute atomic E-state index is 0.0431. The third-order valence-electron chi connectivity index (χ3n) is 4.64. The number of ketones is 1. The van der Waals surface area contributed by atoms with E-state index in [1.807, 2.05) is 13.8 Å². The predicted octanol–water partition coefficient (Wildman–Crippen LogP) is 2.63. The highest BCUT2D eigenvalue weighted by Crippen LogP contribution is 2.22. The zero-order valence-electron chi connectivity index (χ0n) is 16.4. The number of hydrogen-bond donors (Lipinski definition) is 0. The summed E-state index contributed by atoms with van der Waals surface area (Å²) in [4.78, 5) is 32.3. The molecule has 0 aliphatic heterocycles. The molecule has 2 heterocycles. The van der Waals surface area contributed by atoms with E-state index in [-0.39, 0.29) is 24.8 Å². The van der Waals surface area contributed by atoms with Crippen molar-refractivity contribution in [2.24, 2.45) is 0 Å². The van der Waals surface area contributed by atoms with Crippen LogP contribution in [-0.4, -0.2) is 38.4 Å². The molecule has 3 aromatic rings. The highest BCUT2D eigenvalue weighted by molar-refractivity contribution is 5.94. The summed E-state index contributed by atoms with van der Waals surface area (Å²) in [5.41, 5.74) is 3.88. The third kappa shape index (κ3) is 4.00. The number of carbonyl (C=O) groups is 2. The second-order valence-electron chi connectivity index (χ2n) is 6.48. The van der Waals surface area contributed by atoms with Crippen molar-refractivity contribution >= 4 is 17.5 Å². The Morgan fingerprint density at radius 2 is 2.00 bits per heavy atom. The summed E-state index contributed by atoms with van der Waals surface area (Å²) in [6.07, 6.45) is 2.15. The summed E-state index contributed by atoms with van der Waals surface area (Å²) in [6.45, 7) is 5.35. The van der Waals surface area contributed by atoms with E-state index in [1.54, 1.807) is 22.7 Å². The molecule has 0 unspecified atom stereocenters. The fourth-order valence-electron chi connectivity index (χ4n) is 3.09. The van der Waals surface area contributed by atoms with Gasteiger partial charge in [0.1, 0.15) is 18.7 Å². The summed E-state index contributed by atoms with van der Waals surface area (Å²) in [5, 5.41) is 4.15. The van der Waals surface area contributed by atoms with E-state index in [2.05, 4.69) is 15.1 Å². The average Bonchev–Trinajstić information content (AvgIpc) is 3.14. The van der Waals surface area contributed by atoms with Gasteiger partial charge in [-0.1, -0.05) is 0 Å². The summed E-state index contributed by atoms with van der Waals surface area (Å²) in [7, 11) is 1.53. The van der Waals surface area contributed by atoms with Crippen LogP contribution in [0.2, 0.25) is 0 Å². The van der Waals surface area contributed by atoms with Gasteiger partial charge in [-0.25, -0.2) is 9.50 Å². The molecule has 0 amide bonds. The van der Waals surface area contributed by atoms with E-state index in [0.29, 0.717) is 29.1 Å². The van der Waals surface area contributed by atoms with E-state index < -0.39 is 0 Å². The van der Waals surface area contributed by atoms with Gasteiger partial charge in [0.05, 0.1) is 7.11 Å². The molecule has 0 saturated carbocycles. The van der Waals surface area contributed by atoms with Gasteiger partial charge in [-0.15, -0.1) is 0 Å². The maximum Gasteiger partial charge on any atom is 0.306 e. The van der Waals surface area contributed by atoms with Crippen molar-refractivity contribution < 1.29 is 19.1 Å². The topological polar surface area (TPSA) is 95.7 Å². The first-order valence-electron chi connectivity index (χ1n) is 8.90. The Morgan fingerprint density at radius 3 is 2.71 bits per heavy atom. The first-order valence-corrected chi connectivity index (χ1v) is 8.90. The first-order chi connectivity index (χ1) is 13.4. The highest BCUT2D eigenvalue weighted by atomic mass is 16.5. The number of rotatable bonds is 7. The van der Waals surface area contributed by atoms with Crippen molar-refractivity contribution in [1.82, 2.24) is 19.6 Å². The number of benzene rings is 1. The lowest BCUT2D eigenvalue weighted by molar-refractivity contribution is -0.144. The lowest BCUT2D eigenvalue weighted by Gasteiger charge is -2.12. The standard InChI is InChI=1S/C20H22N4O4/c1-12-17(13(2)24-20(23-12)21-11-22-24)6-8-19(26)28-10-16-9-15(14(3)25)5-7-18(16)27-4/h5,7,9,11H,6,8,10H2,1-4H3. The average molecular weight is 382 g/mol. The Balaban J connectivity index is 1.66. The van der Waals surface area contributed by atoms with Gasteiger partial charge in [0.2, 0.25) is 0 Å². The Labute approximate surface area is 162 Å². The van der Waals surface area contributed by atoms with E-state index in [1.165, 1.54) is 20.4 Å². The molecule has 146 valence electrons. The molecule has 8 heteroatoms. The summed E-state index contributed by atoms with van der Waals surface area (Å²) in [6, 6.07) is 5.07. The molecule has 0 aliphatic rings. The molecular formula is C20H22N4O4. The zero-order valence-corrected chi connectivity index (χ0v) is 16.4. The van der Waals surface area contributed by atoms with Gasteiger partial charge in [0, 0.05) is 28.9 Å². The van der Waals surface area contributed by atoms with Crippen molar-refractivity contribution in [3.8, 4) is 5.75 Å². The van der Waals surface area contributed by atoms with E-state index >= 15 is 0 Å². The van der Waals surface area contributed by atoms with Crippen LogP contribution in [0, 0.1) is 13.8 Å².